The average molecular weight is 616 g/mol. The first kappa shape index (κ1) is 33.3. The van der Waals surface area contributed by atoms with Crippen LogP contribution in [-0.2, 0) is 17.5 Å². The Morgan fingerprint density at radius 2 is 1.73 bits per heavy atom. The minimum Gasteiger partial charge on any atom is -0.481 e. The van der Waals surface area contributed by atoms with Gasteiger partial charge in [0.25, 0.3) is 5.91 Å². The Bertz CT molecular complexity index is 1260. The summed E-state index contributed by atoms with van der Waals surface area (Å²) in [5.41, 5.74) is -0.706. The molecule has 228 valence electrons. The number of carboxylic acid groups (broad SMARTS) is 1. The van der Waals surface area contributed by atoms with Gasteiger partial charge in [0.1, 0.15) is 0 Å². The fraction of sp³-hybridized carbons (Fsp3) is 0.600. The third-order valence-corrected chi connectivity index (χ3v) is 9.19. The van der Waals surface area contributed by atoms with Crippen LogP contribution in [0.2, 0.25) is 5.02 Å². The van der Waals surface area contributed by atoms with Crippen molar-refractivity contribution in [2.24, 2.45) is 11.3 Å². The van der Waals surface area contributed by atoms with Crippen LogP contribution in [0.3, 0.4) is 0 Å². The number of nitrogens with zero attached hydrogens (tertiary/aromatic N) is 1. The van der Waals surface area contributed by atoms with E-state index in [-0.39, 0.29) is 23.4 Å². The van der Waals surface area contributed by atoms with E-state index in [1.807, 2.05) is 25.3 Å². The smallest absolute Gasteiger partial charge is 0.418 e. The predicted octanol–water partition coefficient (Wildman–Crippen LogP) is 8.34. The minimum atomic E-state index is -4.69. The van der Waals surface area contributed by atoms with Gasteiger partial charge in [-0.3, -0.25) is 14.3 Å². The van der Waals surface area contributed by atoms with E-state index < -0.39 is 39.6 Å². The van der Waals surface area contributed by atoms with E-state index in [1.165, 1.54) is 6.07 Å². The molecule has 0 bridgehead atoms. The van der Waals surface area contributed by atoms with Crippen molar-refractivity contribution >= 4 is 35.4 Å². The van der Waals surface area contributed by atoms with E-state index in [1.54, 1.807) is 32.9 Å². The third-order valence-electron chi connectivity index (χ3n) is 7.52. The maximum absolute atomic E-state index is 14.4. The highest BCUT2D eigenvalue weighted by molar-refractivity contribution is 7.97. The summed E-state index contributed by atoms with van der Waals surface area (Å²) >= 11 is 7.46. The predicted molar refractivity (Wildman–Crippen MR) is 158 cm³/mol. The van der Waals surface area contributed by atoms with Gasteiger partial charge >= 0.3 is 12.1 Å². The van der Waals surface area contributed by atoms with Crippen LogP contribution in [0.25, 0.3) is 11.3 Å². The van der Waals surface area contributed by atoms with Gasteiger partial charge in [0.2, 0.25) is 0 Å². The van der Waals surface area contributed by atoms with Gasteiger partial charge in [-0.05, 0) is 90.8 Å². The summed E-state index contributed by atoms with van der Waals surface area (Å²) in [6, 6.07) is 4.62. The van der Waals surface area contributed by atoms with Crippen LogP contribution >= 0.6 is 23.5 Å². The van der Waals surface area contributed by atoms with Crippen LogP contribution in [0.1, 0.15) is 94.8 Å². The summed E-state index contributed by atoms with van der Waals surface area (Å²) in [5, 5.41) is 11.8. The summed E-state index contributed by atoms with van der Waals surface area (Å²) in [6.07, 6.45) is 0.915. The SMILES string of the molecule is Cc1c(C(=O)NCCC(C)(C)C(=O)O)cc(-c2ccc(SNC(C)(C)C)c(C(F)(F)F)c2Cl)n1CC1CCCCC1. The van der Waals surface area contributed by atoms with Crippen molar-refractivity contribution in [2.75, 3.05) is 6.54 Å². The normalized spacial score (nSPS) is 15.3. The number of rotatable bonds is 10. The topological polar surface area (TPSA) is 83.4 Å². The average Bonchev–Trinajstić information content (AvgIpc) is 3.17. The first-order valence-electron chi connectivity index (χ1n) is 14.0. The van der Waals surface area contributed by atoms with Crippen LogP contribution < -0.4 is 10.0 Å². The van der Waals surface area contributed by atoms with Crippen molar-refractivity contribution < 1.29 is 27.9 Å². The molecule has 11 heteroatoms. The summed E-state index contributed by atoms with van der Waals surface area (Å²) in [6.45, 7) is 11.3. The molecule has 0 unspecified atom stereocenters. The molecule has 2 aromatic rings. The summed E-state index contributed by atoms with van der Waals surface area (Å²) in [7, 11) is 0. The number of nitrogens with one attached hydrogen (secondary N) is 2. The third kappa shape index (κ3) is 8.45. The number of carbonyl (C=O) groups excluding carboxylic acids is 1. The zero-order valence-electron chi connectivity index (χ0n) is 24.6. The van der Waals surface area contributed by atoms with Gasteiger partial charge < -0.3 is 15.0 Å². The van der Waals surface area contributed by atoms with Crippen LogP contribution in [0.15, 0.2) is 23.1 Å². The monoisotopic (exact) mass is 615 g/mol. The number of halogens is 4. The molecule has 6 nitrogen and oxygen atoms in total. The van der Waals surface area contributed by atoms with Gasteiger partial charge in [-0.1, -0.05) is 36.9 Å². The molecule has 41 heavy (non-hydrogen) atoms. The van der Waals surface area contributed by atoms with Gasteiger partial charge in [0.15, 0.2) is 0 Å². The molecule has 3 N–H and O–H groups in total. The van der Waals surface area contributed by atoms with E-state index in [0.717, 1.165) is 44.1 Å². The molecule has 1 saturated carbocycles. The summed E-state index contributed by atoms with van der Waals surface area (Å²) in [4.78, 5) is 24.7. The first-order valence-corrected chi connectivity index (χ1v) is 15.2. The highest BCUT2D eigenvalue weighted by Gasteiger charge is 2.38. The van der Waals surface area contributed by atoms with Crippen LogP contribution in [0.5, 0.6) is 0 Å². The maximum Gasteiger partial charge on any atom is 0.418 e. The second-order valence-corrected chi connectivity index (χ2v) is 13.8. The molecular weight excluding hydrogens is 575 g/mol. The highest BCUT2D eigenvalue weighted by atomic mass is 35.5. The van der Waals surface area contributed by atoms with Crippen molar-refractivity contribution in [3.05, 3.63) is 40.0 Å². The Hall–Kier alpha value is -2.17. The van der Waals surface area contributed by atoms with E-state index >= 15 is 0 Å². The lowest BCUT2D eigenvalue weighted by atomic mass is 9.89. The van der Waals surface area contributed by atoms with Crippen LogP contribution in [0, 0.1) is 18.3 Å². The fourth-order valence-corrected chi connectivity index (χ4v) is 6.26. The molecule has 0 atom stereocenters. The number of aliphatic carboxylic acids is 1. The minimum absolute atomic E-state index is 0.0257. The van der Waals surface area contributed by atoms with Crippen molar-refractivity contribution in [2.45, 2.75) is 103 Å². The number of carbonyl (C=O) groups is 2. The molecule has 3 rings (SSSR count). The number of hydrogen-bond donors (Lipinski definition) is 3. The second-order valence-electron chi connectivity index (χ2n) is 12.6. The van der Waals surface area contributed by atoms with Gasteiger partial charge in [-0.25, -0.2) is 0 Å². The number of benzene rings is 1. The quantitative estimate of drug-likeness (QED) is 0.234. The molecular formula is C30H41ClF3N3O3S. The Morgan fingerprint density at radius 3 is 2.29 bits per heavy atom. The lowest BCUT2D eigenvalue weighted by molar-refractivity contribution is -0.147. The van der Waals surface area contributed by atoms with Crippen molar-refractivity contribution in [3.8, 4) is 11.3 Å². The van der Waals surface area contributed by atoms with E-state index in [4.69, 9.17) is 11.6 Å². The fourth-order valence-electron chi connectivity index (χ4n) is 4.97. The van der Waals surface area contributed by atoms with Gasteiger partial charge in [-0.15, -0.1) is 0 Å². The summed E-state index contributed by atoms with van der Waals surface area (Å²) < 4.78 is 48.1. The molecule has 0 aliphatic heterocycles. The van der Waals surface area contributed by atoms with Crippen molar-refractivity contribution in [1.29, 1.82) is 0 Å². The maximum atomic E-state index is 14.4. The largest absolute Gasteiger partial charge is 0.481 e. The molecule has 1 aromatic carbocycles. The summed E-state index contributed by atoms with van der Waals surface area (Å²) in [5.74, 6) is -1.02. The van der Waals surface area contributed by atoms with Crippen molar-refractivity contribution in [3.63, 3.8) is 0 Å². The lowest BCUT2D eigenvalue weighted by Crippen LogP contribution is -2.32. The molecule has 1 aliphatic rings. The molecule has 1 aromatic heterocycles. The second kappa shape index (κ2) is 13.0. The zero-order chi connectivity index (χ0) is 30.8. The number of hydrogen-bond acceptors (Lipinski definition) is 4. The van der Waals surface area contributed by atoms with E-state index in [2.05, 4.69) is 10.0 Å². The Balaban J connectivity index is 2.06. The number of aromatic nitrogens is 1. The van der Waals surface area contributed by atoms with Crippen LogP contribution in [-0.4, -0.2) is 33.6 Å². The Labute approximate surface area is 249 Å². The van der Waals surface area contributed by atoms with E-state index in [0.29, 0.717) is 29.4 Å². The van der Waals surface area contributed by atoms with Crippen molar-refractivity contribution in [1.82, 2.24) is 14.6 Å². The van der Waals surface area contributed by atoms with Gasteiger partial charge in [-0.2, -0.15) is 13.2 Å². The molecule has 1 aliphatic carbocycles. The number of carboxylic acids is 1. The highest BCUT2D eigenvalue weighted by Crippen LogP contribution is 2.46. The standard InChI is InChI=1S/C30H41ClF3N3O3S/c1-18-21(26(38)35-15-14-29(5,6)27(39)40)16-22(37(18)17-19-10-8-7-9-11-19)20-12-13-23(41-36-28(2,3)4)24(25(20)31)30(32,33)34/h12-13,16,19,36H,7-11,14-15,17H2,1-6H3,(H,35,38)(H,39,40). The first-order chi connectivity index (χ1) is 18.9. The molecule has 1 heterocycles. The Kier molecular flexibility index (Phi) is 10.6. The van der Waals surface area contributed by atoms with Gasteiger partial charge in [0, 0.05) is 34.8 Å². The Morgan fingerprint density at radius 1 is 1.10 bits per heavy atom. The molecule has 1 amide bonds. The van der Waals surface area contributed by atoms with Crippen LogP contribution in [0.4, 0.5) is 13.2 Å². The number of amides is 1. The molecule has 0 radical (unpaired) electrons. The number of alkyl halides is 3. The molecule has 0 saturated heterocycles. The zero-order valence-corrected chi connectivity index (χ0v) is 26.2. The van der Waals surface area contributed by atoms with E-state index in [9.17, 15) is 27.9 Å². The molecule has 1 fully saturated rings. The van der Waals surface area contributed by atoms with Gasteiger partial charge in [0.05, 0.1) is 27.3 Å². The molecule has 0 spiro atoms. The lowest BCUT2D eigenvalue weighted by Gasteiger charge is -2.25.